The van der Waals surface area contributed by atoms with Gasteiger partial charge in [-0.2, -0.15) is 0 Å². The van der Waals surface area contributed by atoms with Gasteiger partial charge in [0.1, 0.15) is 6.10 Å². The predicted molar refractivity (Wildman–Crippen MR) is 84.7 cm³/mol. The number of esters is 2. The topological polar surface area (TPSA) is 52.6 Å². The van der Waals surface area contributed by atoms with Gasteiger partial charge < -0.3 is 9.47 Å². The predicted octanol–water partition coefficient (Wildman–Crippen LogP) is 2.27. The SMILES string of the molecule is COC(=O)[C@@]12[C@@H]3[C@@H]4CC[C@H]5OC(=O)[C@@]16[C@H]([C@H]3[C@@H]1[C@@H]6[C@H]3CCC[C@H]3[C@@H]12)[C@@H]45. The molecule has 9 fully saturated rings. The van der Waals surface area contributed by atoms with Crippen molar-refractivity contribution in [1.82, 2.24) is 0 Å². The average molecular weight is 340 g/mol. The summed E-state index contributed by atoms with van der Waals surface area (Å²) in [6.45, 7) is 0. The second-order valence-corrected chi connectivity index (χ2v) is 10.5. The fraction of sp³-hybridized carbons (Fsp3) is 0.905. The quantitative estimate of drug-likeness (QED) is 0.687. The van der Waals surface area contributed by atoms with Crippen LogP contribution in [0.25, 0.3) is 0 Å². The number of carbonyl (C=O) groups excluding carboxylic acids is 2. The minimum Gasteiger partial charge on any atom is -0.469 e. The Balaban J connectivity index is 1.48. The monoisotopic (exact) mass is 340 g/mol. The molecule has 0 aromatic heterocycles. The number of fused-ring (bicyclic) bond motifs is 1. The van der Waals surface area contributed by atoms with Crippen LogP contribution in [0.1, 0.15) is 32.1 Å². The minimum absolute atomic E-state index is 0.0253. The van der Waals surface area contributed by atoms with E-state index in [0.29, 0.717) is 59.2 Å². The van der Waals surface area contributed by atoms with E-state index in [1.807, 2.05) is 0 Å². The lowest BCUT2D eigenvalue weighted by atomic mass is 9.43. The molecule has 0 unspecified atom stereocenters. The molecule has 132 valence electrons. The van der Waals surface area contributed by atoms with E-state index in [9.17, 15) is 9.59 Å². The van der Waals surface area contributed by atoms with Gasteiger partial charge in [-0.05, 0) is 78.9 Å². The minimum atomic E-state index is -0.508. The van der Waals surface area contributed by atoms with E-state index in [2.05, 4.69) is 0 Å². The summed E-state index contributed by atoms with van der Waals surface area (Å²) in [6, 6.07) is 0. The highest BCUT2D eigenvalue weighted by Gasteiger charge is 3.02. The number of methoxy groups -OCH3 is 1. The summed E-state index contributed by atoms with van der Waals surface area (Å²) in [5, 5.41) is 0. The van der Waals surface area contributed by atoms with E-state index in [0.717, 1.165) is 12.8 Å². The molecule has 0 radical (unpaired) electrons. The van der Waals surface area contributed by atoms with Crippen molar-refractivity contribution >= 4 is 11.9 Å². The van der Waals surface area contributed by atoms with Gasteiger partial charge in [0.15, 0.2) is 0 Å². The smallest absolute Gasteiger partial charge is 0.314 e. The van der Waals surface area contributed by atoms with Gasteiger partial charge in [-0.15, -0.1) is 0 Å². The third-order valence-corrected chi connectivity index (χ3v) is 11.1. The Morgan fingerprint density at radius 2 is 1.68 bits per heavy atom. The van der Waals surface area contributed by atoms with Gasteiger partial charge in [0.2, 0.25) is 0 Å². The Morgan fingerprint density at radius 1 is 0.960 bits per heavy atom. The van der Waals surface area contributed by atoms with E-state index < -0.39 is 10.8 Å². The molecule has 0 aromatic carbocycles. The van der Waals surface area contributed by atoms with Gasteiger partial charge in [-0.25, -0.2) is 0 Å². The third-order valence-electron chi connectivity index (χ3n) is 11.1. The highest BCUT2D eigenvalue weighted by molar-refractivity contribution is 5.95. The van der Waals surface area contributed by atoms with E-state index in [4.69, 9.17) is 9.47 Å². The first-order valence-corrected chi connectivity index (χ1v) is 10.5. The molecule has 1 heterocycles. The molecule has 9 rings (SSSR count). The van der Waals surface area contributed by atoms with Crippen molar-refractivity contribution < 1.29 is 19.1 Å². The van der Waals surface area contributed by atoms with Gasteiger partial charge in [0.05, 0.1) is 17.9 Å². The van der Waals surface area contributed by atoms with Gasteiger partial charge in [-0.1, -0.05) is 6.42 Å². The Hall–Kier alpha value is -1.06. The summed E-state index contributed by atoms with van der Waals surface area (Å²) in [6.07, 6.45) is 6.18. The Kier molecular flexibility index (Phi) is 1.79. The van der Waals surface area contributed by atoms with Crippen molar-refractivity contribution in [3.63, 3.8) is 0 Å². The second-order valence-electron chi connectivity index (χ2n) is 10.5. The summed E-state index contributed by atoms with van der Waals surface area (Å²) in [7, 11) is 1.55. The van der Waals surface area contributed by atoms with Crippen LogP contribution < -0.4 is 0 Å². The lowest BCUT2D eigenvalue weighted by molar-refractivity contribution is -0.232. The van der Waals surface area contributed by atoms with Gasteiger partial charge >= 0.3 is 11.9 Å². The molecule has 0 N–H and O–H groups in total. The number of rotatable bonds is 1. The van der Waals surface area contributed by atoms with Crippen LogP contribution in [-0.2, 0) is 19.1 Å². The standard InChI is InChI=1S/C21H24O4/c1-24-18(22)20-14-7-3-2-4-8(7)15-12(14)13-16(20)9-5-6-10-11(9)17(13)21(15,20)19(23)25-10/h7-17H,2-6H2,1H3/t7-,8+,9-,10-,11+,12+,13+,14+,15+,16-,17+,20-,21-/m1/s1. The third kappa shape index (κ3) is 0.848. The lowest BCUT2D eigenvalue weighted by Crippen LogP contribution is -2.68. The number of ether oxygens (including phenoxy) is 2. The normalized spacial score (nSPS) is 71.1. The van der Waals surface area contributed by atoms with Crippen molar-refractivity contribution in [3.8, 4) is 0 Å². The highest BCUT2D eigenvalue weighted by atomic mass is 16.6. The average Bonchev–Trinajstić information content (AvgIpc) is 3.36. The second kappa shape index (κ2) is 3.41. The molecule has 0 aromatic rings. The molecule has 1 saturated heterocycles. The molecule has 1 spiro atoms. The largest absolute Gasteiger partial charge is 0.469 e. The van der Waals surface area contributed by atoms with Crippen LogP contribution in [0.15, 0.2) is 0 Å². The zero-order chi connectivity index (χ0) is 16.5. The molecule has 8 saturated carbocycles. The van der Waals surface area contributed by atoms with Crippen LogP contribution in [0.2, 0.25) is 0 Å². The highest BCUT2D eigenvalue weighted by Crippen LogP contribution is 2.98. The van der Waals surface area contributed by atoms with Crippen LogP contribution in [0, 0.1) is 70.0 Å². The Labute approximate surface area is 147 Å². The molecule has 9 aliphatic rings. The summed E-state index contributed by atoms with van der Waals surface area (Å²) in [5.74, 6) is 5.53. The van der Waals surface area contributed by atoms with Gasteiger partial charge in [-0.3, -0.25) is 9.59 Å². The van der Waals surface area contributed by atoms with Crippen LogP contribution in [-0.4, -0.2) is 25.2 Å². The zero-order valence-corrected chi connectivity index (χ0v) is 14.5. The molecule has 0 amide bonds. The molecular formula is C21H24O4. The Morgan fingerprint density at radius 3 is 2.48 bits per heavy atom. The van der Waals surface area contributed by atoms with Crippen LogP contribution in [0.3, 0.4) is 0 Å². The molecule has 25 heavy (non-hydrogen) atoms. The van der Waals surface area contributed by atoms with Crippen molar-refractivity contribution in [3.05, 3.63) is 0 Å². The maximum Gasteiger partial charge on any atom is 0.314 e. The van der Waals surface area contributed by atoms with Crippen molar-refractivity contribution in [1.29, 1.82) is 0 Å². The molecular weight excluding hydrogens is 316 g/mol. The van der Waals surface area contributed by atoms with Gasteiger partial charge in [0, 0.05) is 5.92 Å². The lowest BCUT2D eigenvalue weighted by Gasteiger charge is -2.60. The van der Waals surface area contributed by atoms with Crippen LogP contribution >= 0.6 is 0 Å². The van der Waals surface area contributed by atoms with Crippen LogP contribution in [0.4, 0.5) is 0 Å². The fourth-order valence-corrected chi connectivity index (χ4v) is 11.9. The van der Waals surface area contributed by atoms with E-state index in [-0.39, 0.29) is 18.0 Å². The van der Waals surface area contributed by atoms with Crippen LogP contribution in [0.5, 0.6) is 0 Å². The Bertz CT molecular complexity index is 758. The summed E-state index contributed by atoms with van der Waals surface area (Å²) in [4.78, 5) is 27.1. The molecule has 8 bridgehead atoms. The maximum absolute atomic E-state index is 13.6. The number of carbonyl (C=O) groups is 2. The summed E-state index contributed by atoms with van der Waals surface area (Å²) >= 11 is 0. The maximum atomic E-state index is 13.6. The van der Waals surface area contributed by atoms with E-state index in [1.54, 1.807) is 7.11 Å². The summed E-state index contributed by atoms with van der Waals surface area (Å²) < 4.78 is 11.6. The molecule has 1 aliphatic heterocycles. The van der Waals surface area contributed by atoms with E-state index >= 15 is 0 Å². The first-order valence-electron chi connectivity index (χ1n) is 10.5. The summed E-state index contributed by atoms with van der Waals surface area (Å²) in [5.41, 5.74) is -0.996. The number of hydrogen-bond donors (Lipinski definition) is 0. The number of hydrogen-bond acceptors (Lipinski definition) is 4. The first kappa shape index (κ1) is 13.2. The van der Waals surface area contributed by atoms with Crippen molar-refractivity contribution in [2.24, 2.45) is 70.0 Å². The van der Waals surface area contributed by atoms with Crippen molar-refractivity contribution in [2.45, 2.75) is 38.2 Å². The van der Waals surface area contributed by atoms with Gasteiger partial charge in [0.25, 0.3) is 0 Å². The molecule has 8 aliphatic carbocycles. The fourth-order valence-electron chi connectivity index (χ4n) is 11.9. The molecule has 4 nitrogen and oxygen atoms in total. The molecule has 13 atom stereocenters. The van der Waals surface area contributed by atoms with Crippen molar-refractivity contribution in [2.75, 3.05) is 7.11 Å². The van der Waals surface area contributed by atoms with E-state index in [1.165, 1.54) is 19.3 Å². The zero-order valence-electron chi connectivity index (χ0n) is 14.5. The molecule has 4 heteroatoms. The first-order chi connectivity index (χ1) is 12.2.